The first kappa shape index (κ1) is 14.2. The molecule has 0 radical (unpaired) electrons. The third-order valence-electron chi connectivity index (χ3n) is 3.27. The van der Waals surface area contributed by atoms with E-state index in [2.05, 4.69) is 20.7 Å². The summed E-state index contributed by atoms with van der Waals surface area (Å²) in [5.74, 6) is 5.36. The van der Waals surface area contributed by atoms with Crippen LogP contribution in [0.4, 0.5) is 10.9 Å². The van der Waals surface area contributed by atoms with E-state index in [1.54, 1.807) is 11.3 Å². The average molecular weight is 324 g/mol. The summed E-state index contributed by atoms with van der Waals surface area (Å²) in [5.41, 5.74) is 3.87. The zero-order valence-corrected chi connectivity index (χ0v) is 12.7. The molecule has 0 aromatic carbocycles. The van der Waals surface area contributed by atoms with Crippen molar-refractivity contribution < 1.29 is 4.79 Å². The Bertz CT molecular complexity index is 664. The summed E-state index contributed by atoms with van der Waals surface area (Å²) in [6, 6.07) is 3.03. The molecule has 6 nitrogen and oxygen atoms in total. The van der Waals surface area contributed by atoms with Crippen LogP contribution in [0.2, 0.25) is 5.15 Å². The molecule has 0 fully saturated rings. The summed E-state index contributed by atoms with van der Waals surface area (Å²) in [6.45, 7) is 0. The molecule has 1 aliphatic carbocycles. The van der Waals surface area contributed by atoms with Gasteiger partial charge < -0.3 is 5.43 Å². The lowest BCUT2D eigenvalue weighted by Crippen LogP contribution is -2.14. The molecule has 1 aliphatic rings. The Balaban J connectivity index is 1.79. The van der Waals surface area contributed by atoms with E-state index in [-0.39, 0.29) is 11.1 Å². The van der Waals surface area contributed by atoms with Crippen LogP contribution in [0.5, 0.6) is 0 Å². The van der Waals surface area contributed by atoms with E-state index in [0.29, 0.717) is 16.5 Å². The lowest BCUT2D eigenvalue weighted by Gasteiger charge is -2.06. The van der Waals surface area contributed by atoms with Gasteiger partial charge in [-0.3, -0.25) is 10.1 Å². The van der Waals surface area contributed by atoms with Crippen LogP contribution in [-0.4, -0.2) is 15.9 Å². The second-order valence-corrected chi connectivity index (χ2v) is 6.23. The Morgan fingerprint density at radius 3 is 2.86 bits per heavy atom. The highest BCUT2D eigenvalue weighted by molar-refractivity contribution is 7.15. The summed E-state index contributed by atoms with van der Waals surface area (Å²) in [5, 5.41) is 3.64. The van der Waals surface area contributed by atoms with Crippen molar-refractivity contribution in [2.45, 2.75) is 25.7 Å². The molecule has 0 saturated carbocycles. The molecule has 2 aromatic heterocycles. The molecule has 0 saturated heterocycles. The number of nitrogens with two attached hydrogens (primary N) is 1. The Labute approximate surface area is 130 Å². The quantitative estimate of drug-likeness (QED) is 0.458. The van der Waals surface area contributed by atoms with Gasteiger partial charge in [0.05, 0.1) is 5.69 Å². The zero-order valence-electron chi connectivity index (χ0n) is 11.1. The van der Waals surface area contributed by atoms with Gasteiger partial charge in [-0.05, 0) is 37.8 Å². The van der Waals surface area contributed by atoms with E-state index in [0.717, 1.165) is 25.0 Å². The number of amides is 1. The van der Waals surface area contributed by atoms with E-state index < -0.39 is 0 Å². The highest BCUT2D eigenvalue weighted by Crippen LogP contribution is 2.29. The molecule has 0 aliphatic heterocycles. The second-order valence-electron chi connectivity index (χ2n) is 4.76. The van der Waals surface area contributed by atoms with Crippen molar-refractivity contribution in [3.05, 3.63) is 33.4 Å². The van der Waals surface area contributed by atoms with Crippen molar-refractivity contribution in [2.75, 3.05) is 10.7 Å². The molecule has 8 heteroatoms. The lowest BCUT2D eigenvalue weighted by molar-refractivity contribution is 0.102. The highest BCUT2D eigenvalue weighted by Gasteiger charge is 2.17. The first-order valence-corrected chi connectivity index (χ1v) is 7.79. The Morgan fingerprint density at radius 2 is 2.10 bits per heavy atom. The van der Waals surface area contributed by atoms with Gasteiger partial charge in [0.2, 0.25) is 0 Å². The number of aryl methyl sites for hydroxylation is 2. The number of thiazole rings is 1. The minimum absolute atomic E-state index is 0.203. The molecule has 0 unspecified atom stereocenters. The number of hydrogen-bond donors (Lipinski definition) is 3. The third-order valence-corrected chi connectivity index (χ3v) is 4.54. The van der Waals surface area contributed by atoms with E-state index in [1.807, 2.05) is 0 Å². The summed E-state index contributed by atoms with van der Waals surface area (Å²) in [6.07, 6.45) is 4.39. The Kier molecular flexibility index (Phi) is 4.05. The minimum atomic E-state index is -0.276. The molecule has 21 heavy (non-hydrogen) atoms. The van der Waals surface area contributed by atoms with Crippen molar-refractivity contribution >= 4 is 39.8 Å². The summed E-state index contributed by atoms with van der Waals surface area (Å²) >= 11 is 7.40. The van der Waals surface area contributed by atoms with Crippen molar-refractivity contribution in [1.29, 1.82) is 0 Å². The third kappa shape index (κ3) is 3.15. The summed E-state index contributed by atoms with van der Waals surface area (Å²) in [7, 11) is 0. The van der Waals surface area contributed by atoms with Gasteiger partial charge in [0.1, 0.15) is 11.0 Å². The second kappa shape index (κ2) is 5.97. The number of hydrogen-bond acceptors (Lipinski definition) is 6. The first-order valence-electron chi connectivity index (χ1n) is 6.60. The van der Waals surface area contributed by atoms with Gasteiger partial charge in [-0.15, -0.1) is 11.3 Å². The van der Waals surface area contributed by atoms with Gasteiger partial charge in [-0.25, -0.2) is 15.8 Å². The topological polar surface area (TPSA) is 92.9 Å². The minimum Gasteiger partial charge on any atom is -0.308 e. The first-order chi connectivity index (χ1) is 10.2. The van der Waals surface area contributed by atoms with Crippen molar-refractivity contribution in [1.82, 2.24) is 9.97 Å². The van der Waals surface area contributed by atoms with Gasteiger partial charge in [0.25, 0.3) is 5.91 Å². The molecule has 1 amide bonds. The number of fused-ring (bicyclic) bond motifs is 1. The highest BCUT2D eigenvalue weighted by atomic mass is 35.5. The number of nitrogens with one attached hydrogen (secondary N) is 2. The van der Waals surface area contributed by atoms with E-state index in [1.165, 1.54) is 23.4 Å². The molecule has 4 N–H and O–H groups in total. The maximum atomic E-state index is 12.2. The van der Waals surface area contributed by atoms with E-state index >= 15 is 0 Å². The molecule has 3 rings (SSSR count). The maximum Gasteiger partial charge on any atom is 0.257 e. The van der Waals surface area contributed by atoms with Crippen LogP contribution in [0.25, 0.3) is 0 Å². The van der Waals surface area contributed by atoms with Crippen molar-refractivity contribution in [3.8, 4) is 0 Å². The van der Waals surface area contributed by atoms with Crippen LogP contribution < -0.4 is 16.6 Å². The van der Waals surface area contributed by atoms with Gasteiger partial charge in [-0.1, -0.05) is 11.6 Å². The molecule has 0 spiro atoms. The average Bonchev–Trinajstić information content (AvgIpc) is 2.88. The number of hydrazine groups is 1. The molecule has 0 bridgehead atoms. The molecular weight excluding hydrogens is 310 g/mol. The van der Waals surface area contributed by atoms with Crippen LogP contribution in [-0.2, 0) is 12.8 Å². The maximum absolute atomic E-state index is 12.2. The number of nitrogen functional groups attached to an aromatic ring is 1. The predicted octanol–water partition coefficient (Wildman–Crippen LogP) is 2.61. The van der Waals surface area contributed by atoms with Gasteiger partial charge in [0, 0.05) is 10.4 Å². The monoisotopic (exact) mass is 323 g/mol. The standard InChI is InChI=1S/C13H14ClN5OS/c14-10-5-7(6-11(17-10)19-15)12(20)18-13-16-8-3-1-2-4-9(8)21-13/h5-6H,1-4,15H2,(H,17,19)(H,16,18,20). The Morgan fingerprint density at radius 1 is 1.29 bits per heavy atom. The fourth-order valence-electron chi connectivity index (χ4n) is 2.28. The number of nitrogens with zero attached hydrogens (tertiary/aromatic N) is 2. The SMILES string of the molecule is NNc1cc(C(=O)Nc2nc3c(s2)CCCC3)cc(Cl)n1. The number of halogens is 1. The van der Waals surface area contributed by atoms with E-state index in [4.69, 9.17) is 17.4 Å². The van der Waals surface area contributed by atoms with Crippen LogP contribution >= 0.6 is 22.9 Å². The lowest BCUT2D eigenvalue weighted by atomic mass is 10.0. The number of rotatable bonds is 3. The Hall–Kier alpha value is -1.70. The van der Waals surface area contributed by atoms with Gasteiger partial charge in [0.15, 0.2) is 5.13 Å². The van der Waals surface area contributed by atoms with Crippen LogP contribution in [0.3, 0.4) is 0 Å². The number of carbonyl (C=O) groups is 1. The number of anilines is 2. The van der Waals surface area contributed by atoms with Crippen molar-refractivity contribution in [3.63, 3.8) is 0 Å². The molecule has 2 heterocycles. The summed E-state index contributed by atoms with van der Waals surface area (Å²) < 4.78 is 0. The molecule has 110 valence electrons. The van der Waals surface area contributed by atoms with Crippen LogP contribution in [0, 0.1) is 0 Å². The number of pyridine rings is 1. The molecule has 0 atom stereocenters. The van der Waals surface area contributed by atoms with Crippen molar-refractivity contribution in [2.24, 2.45) is 5.84 Å². The van der Waals surface area contributed by atoms with Gasteiger partial charge in [-0.2, -0.15) is 0 Å². The number of aromatic nitrogens is 2. The fraction of sp³-hybridized carbons (Fsp3) is 0.308. The van der Waals surface area contributed by atoms with Gasteiger partial charge >= 0.3 is 0 Å². The molecule has 2 aromatic rings. The predicted molar refractivity (Wildman–Crippen MR) is 83.8 cm³/mol. The largest absolute Gasteiger partial charge is 0.308 e. The fourth-order valence-corrected chi connectivity index (χ4v) is 3.53. The van der Waals surface area contributed by atoms with E-state index in [9.17, 15) is 4.79 Å². The van der Waals surface area contributed by atoms with Crippen LogP contribution in [0.1, 0.15) is 33.8 Å². The normalized spacial score (nSPS) is 13.6. The smallest absolute Gasteiger partial charge is 0.257 e. The number of carbonyl (C=O) groups excluding carboxylic acids is 1. The summed E-state index contributed by atoms with van der Waals surface area (Å²) in [4.78, 5) is 21.9. The molecular formula is C13H14ClN5OS. The van der Waals surface area contributed by atoms with Crippen LogP contribution in [0.15, 0.2) is 12.1 Å². The zero-order chi connectivity index (χ0) is 14.8.